The van der Waals surface area contributed by atoms with E-state index in [9.17, 15) is 0 Å². The molecule has 1 aliphatic heterocycles. The fourth-order valence-electron chi connectivity index (χ4n) is 1.32. The number of ether oxygens (including phenoxy) is 2. The number of pyridine rings is 1. The number of halogens is 2. The lowest BCUT2D eigenvalue weighted by molar-refractivity contribution is 0.216. The predicted molar refractivity (Wildman–Crippen MR) is 64.9 cm³/mol. The van der Waals surface area contributed by atoms with Crippen LogP contribution in [-0.4, -0.2) is 31.3 Å². The predicted octanol–water partition coefficient (Wildman–Crippen LogP) is 1.91. The van der Waals surface area contributed by atoms with E-state index in [1.807, 2.05) is 0 Å². The van der Waals surface area contributed by atoms with Crippen molar-refractivity contribution in [2.75, 3.05) is 20.3 Å². The van der Waals surface area contributed by atoms with Crippen LogP contribution in [0.1, 0.15) is 6.42 Å². The van der Waals surface area contributed by atoms with E-state index < -0.39 is 0 Å². The van der Waals surface area contributed by atoms with Crippen molar-refractivity contribution in [1.82, 2.24) is 10.3 Å². The third-order valence-electron chi connectivity index (χ3n) is 2.38. The molecule has 1 saturated heterocycles. The molecule has 1 aliphatic rings. The maximum absolute atomic E-state index is 5.79. The second kappa shape index (κ2) is 6.13. The maximum atomic E-state index is 5.79. The van der Waals surface area contributed by atoms with Gasteiger partial charge >= 0.3 is 0 Å². The van der Waals surface area contributed by atoms with Gasteiger partial charge in [0.15, 0.2) is 10.9 Å². The van der Waals surface area contributed by atoms with E-state index in [4.69, 9.17) is 21.1 Å². The zero-order valence-corrected chi connectivity index (χ0v) is 10.5. The van der Waals surface area contributed by atoms with Gasteiger partial charge in [0.2, 0.25) is 0 Å². The van der Waals surface area contributed by atoms with Gasteiger partial charge in [-0.1, -0.05) is 11.6 Å². The Kier molecular flexibility index (Phi) is 5.12. The summed E-state index contributed by atoms with van der Waals surface area (Å²) in [6.07, 6.45) is 2.77. The molecule has 1 atom stereocenters. The van der Waals surface area contributed by atoms with E-state index in [-0.39, 0.29) is 12.4 Å². The number of rotatable bonds is 4. The Balaban J connectivity index is 0.00000128. The minimum atomic E-state index is 0. The third-order valence-corrected chi connectivity index (χ3v) is 2.66. The first-order valence-corrected chi connectivity index (χ1v) is 5.23. The van der Waals surface area contributed by atoms with E-state index in [0.717, 1.165) is 13.0 Å². The van der Waals surface area contributed by atoms with E-state index >= 15 is 0 Å². The molecule has 4 nitrogen and oxygen atoms in total. The number of hydrogen-bond acceptors (Lipinski definition) is 4. The first kappa shape index (κ1) is 13.4. The van der Waals surface area contributed by atoms with Gasteiger partial charge in [-0.25, -0.2) is 4.98 Å². The molecule has 1 aromatic heterocycles. The van der Waals surface area contributed by atoms with Crippen molar-refractivity contribution < 1.29 is 9.47 Å². The van der Waals surface area contributed by atoms with Gasteiger partial charge in [-0.15, -0.1) is 12.4 Å². The SMILES string of the molecule is COc1cc(OC[C@@H]2CCN2)cnc1Cl.Cl. The Morgan fingerprint density at radius 1 is 1.62 bits per heavy atom. The quantitative estimate of drug-likeness (QED) is 0.844. The largest absolute Gasteiger partial charge is 0.493 e. The standard InChI is InChI=1S/C10H13ClN2O2.ClH/c1-14-9-4-8(5-13-10(9)11)15-6-7-2-3-12-7;/h4-5,7,12H,2-3,6H2,1H3;1H/t7-;/m0./s1. The number of methoxy groups -OCH3 is 1. The van der Waals surface area contributed by atoms with E-state index in [1.165, 1.54) is 0 Å². The van der Waals surface area contributed by atoms with E-state index in [2.05, 4.69) is 10.3 Å². The minimum absolute atomic E-state index is 0. The molecule has 0 radical (unpaired) electrons. The monoisotopic (exact) mass is 264 g/mol. The molecule has 0 amide bonds. The Hall–Kier alpha value is -0.710. The van der Waals surface area contributed by atoms with Gasteiger partial charge in [0.25, 0.3) is 0 Å². The molecule has 6 heteroatoms. The molecular weight excluding hydrogens is 251 g/mol. The van der Waals surface area contributed by atoms with Gasteiger partial charge in [0.05, 0.1) is 13.3 Å². The Morgan fingerprint density at radius 3 is 2.94 bits per heavy atom. The van der Waals surface area contributed by atoms with Crippen molar-refractivity contribution in [2.24, 2.45) is 0 Å². The smallest absolute Gasteiger partial charge is 0.171 e. The van der Waals surface area contributed by atoms with Crippen LogP contribution in [0.15, 0.2) is 12.3 Å². The first-order valence-electron chi connectivity index (χ1n) is 4.85. The van der Waals surface area contributed by atoms with Gasteiger partial charge in [-0.05, 0) is 13.0 Å². The molecule has 1 fully saturated rings. The fraction of sp³-hybridized carbons (Fsp3) is 0.500. The highest BCUT2D eigenvalue weighted by molar-refractivity contribution is 6.30. The summed E-state index contributed by atoms with van der Waals surface area (Å²) in [5, 5.41) is 3.61. The molecule has 0 bridgehead atoms. The summed E-state index contributed by atoms with van der Waals surface area (Å²) in [6, 6.07) is 2.21. The average molecular weight is 265 g/mol. The van der Waals surface area contributed by atoms with Crippen molar-refractivity contribution in [3.63, 3.8) is 0 Å². The first-order chi connectivity index (χ1) is 7.29. The number of nitrogens with one attached hydrogen (secondary N) is 1. The maximum Gasteiger partial charge on any atom is 0.171 e. The average Bonchev–Trinajstić information content (AvgIpc) is 2.18. The Morgan fingerprint density at radius 2 is 2.38 bits per heavy atom. The summed E-state index contributed by atoms with van der Waals surface area (Å²) in [5.74, 6) is 1.22. The third kappa shape index (κ3) is 3.14. The zero-order chi connectivity index (χ0) is 10.7. The van der Waals surface area contributed by atoms with E-state index in [1.54, 1.807) is 19.4 Å². The van der Waals surface area contributed by atoms with Crippen molar-refractivity contribution in [2.45, 2.75) is 12.5 Å². The molecule has 0 aromatic carbocycles. The van der Waals surface area contributed by atoms with Gasteiger partial charge in [0, 0.05) is 12.1 Å². The van der Waals surface area contributed by atoms with Crippen LogP contribution in [0.2, 0.25) is 5.15 Å². The molecule has 0 unspecified atom stereocenters. The summed E-state index contributed by atoms with van der Waals surface area (Å²) in [7, 11) is 1.56. The highest BCUT2D eigenvalue weighted by Crippen LogP contribution is 2.26. The summed E-state index contributed by atoms with van der Waals surface area (Å²) in [4.78, 5) is 3.97. The Labute approximate surface area is 106 Å². The highest BCUT2D eigenvalue weighted by Gasteiger charge is 2.16. The molecule has 0 aliphatic carbocycles. The van der Waals surface area contributed by atoms with Gasteiger partial charge in [-0.3, -0.25) is 0 Å². The summed E-state index contributed by atoms with van der Waals surface area (Å²) >= 11 is 5.79. The fourth-order valence-corrected chi connectivity index (χ4v) is 1.50. The van der Waals surface area contributed by atoms with Crippen LogP contribution in [0.4, 0.5) is 0 Å². The molecule has 0 saturated carbocycles. The Bertz CT molecular complexity index is 346. The lowest BCUT2D eigenvalue weighted by Crippen LogP contribution is -2.46. The number of hydrogen-bond donors (Lipinski definition) is 1. The summed E-state index contributed by atoms with van der Waals surface area (Å²) in [6.45, 7) is 1.74. The topological polar surface area (TPSA) is 43.4 Å². The second-order valence-electron chi connectivity index (χ2n) is 3.41. The van der Waals surface area contributed by atoms with Crippen LogP contribution in [0.5, 0.6) is 11.5 Å². The normalized spacial score (nSPS) is 18.2. The molecule has 2 heterocycles. The van der Waals surface area contributed by atoms with Crippen molar-refractivity contribution in [3.8, 4) is 11.5 Å². The summed E-state index contributed by atoms with van der Waals surface area (Å²) < 4.78 is 10.6. The van der Waals surface area contributed by atoms with Gasteiger partial charge < -0.3 is 14.8 Å². The summed E-state index contributed by atoms with van der Waals surface area (Å²) in [5.41, 5.74) is 0. The lowest BCUT2D eigenvalue weighted by Gasteiger charge is -2.27. The molecule has 90 valence electrons. The van der Waals surface area contributed by atoms with Crippen LogP contribution >= 0.6 is 24.0 Å². The van der Waals surface area contributed by atoms with E-state index in [0.29, 0.717) is 29.3 Å². The van der Waals surface area contributed by atoms with Crippen LogP contribution in [0.3, 0.4) is 0 Å². The molecule has 1 aromatic rings. The molecule has 0 spiro atoms. The molecular formula is C10H14Cl2N2O2. The van der Waals surface area contributed by atoms with Crippen LogP contribution in [0, 0.1) is 0 Å². The van der Waals surface area contributed by atoms with Gasteiger partial charge in [0.1, 0.15) is 12.4 Å². The van der Waals surface area contributed by atoms with Crippen molar-refractivity contribution in [3.05, 3.63) is 17.4 Å². The van der Waals surface area contributed by atoms with Gasteiger partial charge in [-0.2, -0.15) is 0 Å². The second-order valence-corrected chi connectivity index (χ2v) is 3.77. The van der Waals surface area contributed by atoms with Crippen LogP contribution in [0.25, 0.3) is 0 Å². The van der Waals surface area contributed by atoms with Crippen molar-refractivity contribution in [1.29, 1.82) is 0 Å². The number of nitrogens with zero attached hydrogens (tertiary/aromatic N) is 1. The number of aromatic nitrogens is 1. The molecule has 16 heavy (non-hydrogen) atoms. The molecule has 2 rings (SSSR count). The zero-order valence-electron chi connectivity index (χ0n) is 8.90. The van der Waals surface area contributed by atoms with Crippen LogP contribution in [-0.2, 0) is 0 Å². The van der Waals surface area contributed by atoms with Crippen molar-refractivity contribution >= 4 is 24.0 Å². The minimum Gasteiger partial charge on any atom is -0.493 e. The molecule has 1 N–H and O–H groups in total. The lowest BCUT2D eigenvalue weighted by atomic mass is 10.1. The van der Waals surface area contributed by atoms with Crippen LogP contribution < -0.4 is 14.8 Å². The highest BCUT2D eigenvalue weighted by atomic mass is 35.5.